The zero-order valence-electron chi connectivity index (χ0n) is 18.5. The molecular weight excluding hydrogens is 412 g/mol. The lowest BCUT2D eigenvalue weighted by Crippen LogP contribution is -2.31. The topological polar surface area (TPSA) is 94.0 Å². The van der Waals surface area contributed by atoms with Crippen molar-refractivity contribution in [2.45, 2.75) is 44.6 Å². The summed E-state index contributed by atoms with van der Waals surface area (Å²) in [7, 11) is 0. The summed E-state index contributed by atoms with van der Waals surface area (Å²) in [5, 5.41) is 12.7. The maximum Gasteiger partial charge on any atom is 0.258 e. The first kappa shape index (κ1) is 22.9. The van der Waals surface area contributed by atoms with Crippen molar-refractivity contribution in [1.82, 2.24) is 25.1 Å². The van der Waals surface area contributed by atoms with E-state index in [-0.39, 0.29) is 12.5 Å². The molecule has 1 amide bonds. The molecule has 0 aliphatic heterocycles. The Balaban J connectivity index is 1.64. The molecule has 0 saturated heterocycles. The second kappa shape index (κ2) is 11.0. The van der Waals surface area contributed by atoms with Crippen molar-refractivity contribution in [3.05, 3.63) is 36.5 Å². The highest BCUT2D eigenvalue weighted by atomic mass is 32.2. The highest BCUT2D eigenvalue weighted by molar-refractivity contribution is 7.99. The Hall–Kier alpha value is -2.81. The third-order valence-electron chi connectivity index (χ3n) is 4.25. The number of para-hydroxylation sites is 1. The summed E-state index contributed by atoms with van der Waals surface area (Å²) >= 11 is 1.62. The van der Waals surface area contributed by atoms with Crippen molar-refractivity contribution in [1.29, 1.82) is 0 Å². The molecule has 2 N–H and O–H groups in total. The van der Waals surface area contributed by atoms with E-state index in [2.05, 4.69) is 48.4 Å². The van der Waals surface area contributed by atoms with E-state index < -0.39 is 0 Å². The van der Waals surface area contributed by atoms with Crippen molar-refractivity contribution in [3.63, 3.8) is 0 Å². The van der Waals surface area contributed by atoms with E-state index >= 15 is 0 Å². The number of rotatable bonds is 11. The lowest BCUT2D eigenvalue weighted by atomic mass is 10.2. The van der Waals surface area contributed by atoms with Gasteiger partial charge in [-0.1, -0.05) is 57.7 Å². The van der Waals surface area contributed by atoms with E-state index in [1.165, 1.54) is 0 Å². The van der Waals surface area contributed by atoms with Crippen LogP contribution in [0.25, 0.3) is 11.0 Å². The van der Waals surface area contributed by atoms with Gasteiger partial charge in [-0.05, 0) is 18.1 Å². The van der Waals surface area contributed by atoms with E-state index in [9.17, 15) is 4.79 Å². The van der Waals surface area contributed by atoms with E-state index in [4.69, 9.17) is 9.72 Å². The van der Waals surface area contributed by atoms with Gasteiger partial charge in [0.25, 0.3) is 5.91 Å². The predicted molar refractivity (Wildman–Crippen MR) is 125 cm³/mol. The van der Waals surface area contributed by atoms with E-state index in [0.717, 1.165) is 28.6 Å². The van der Waals surface area contributed by atoms with Crippen LogP contribution >= 0.6 is 11.8 Å². The molecule has 0 spiro atoms. The number of benzene rings is 1. The molecule has 3 rings (SSSR count). The second-order valence-corrected chi connectivity index (χ2v) is 9.40. The first-order chi connectivity index (χ1) is 14.9. The summed E-state index contributed by atoms with van der Waals surface area (Å²) in [6.45, 7) is 10.3. The van der Waals surface area contributed by atoms with E-state index in [1.807, 2.05) is 30.3 Å². The van der Waals surface area contributed by atoms with Crippen molar-refractivity contribution < 1.29 is 9.53 Å². The van der Waals surface area contributed by atoms with Gasteiger partial charge in [-0.3, -0.25) is 4.79 Å². The molecule has 0 atom stereocenters. The molecule has 0 bridgehead atoms. The zero-order valence-corrected chi connectivity index (χ0v) is 19.3. The van der Waals surface area contributed by atoms with E-state index in [0.29, 0.717) is 30.0 Å². The molecule has 9 heteroatoms. The second-order valence-electron chi connectivity index (χ2n) is 7.85. The van der Waals surface area contributed by atoms with Crippen LogP contribution in [0.4, 0.5) is 5.82 Å². The molecule has 0 saturated carbocycles. The van der Waals surface area contributed by atoms with Crippen LogP contribution in [-0.4, -0.2) is 50.6 Å². The smallest absolute Gasteiger partial charge is 0.258 e. The van der Waals surface area contributed by atoms with E-state index in [1.54, 1.807) is 22.6 Å². The van der Waals surface area contributed by atoms with Gasteiger partial charge in [0.1, 0.15) is 11.6 Å². The Labute approximate surface area is 187 Å². The number of aromatic nitrogens is 4. The summed E-state index contributed by atoms with van der Waals surface area (Å²) in [6, 6.07) is 9.28. The van der Waals surface area contributed by atoms with Gasteiger partial charge in [-0.15, -0.1) is 0 Å². The molecule has 8 nitrogen and oxygen atoms in total. The molecule has 3 aromatic rings. The molecule has 2 aromatic heterocycles. The summed E-state index contributed by atoms with van der Waals surface area (Å²) in [4.78, 5) is 21.5. The van der Waals surface area contributed by atoms with Gasteiger partial charge in [0.2, 0.25) is 0 Å². The zero-order chi connectivity index (χ0) is 22.2. The van der Waals surface area contributed by atoms with Crippen LogP contribution in [0.2, 0.25) is 0 Å². The Morgan fingerprint density at radius 2 is 1.94 bits per heavy atom. The lowest BCUT2D eigenvalue weighted by molar-refractivity contribution is -0.123. The maximum atomic E-state index is 12.1. The van der Waals surface area contributed by atoms with Crippen LogP contribution in [-0.2, 0) is 11.3 Å². The fourth-order valence-corrected chi connectivity index (χ4v) is 3.52. The number of hydrogen-bond acceptors (Lipinski definition) is 7. The van der Waals surface area contributed by atoms with Gasteiger partial charge in [0, 0.05) is 18.3 Å². The third-order valence-corrected chi connectivity index (χ3v) is 5.12. The molecule has 0 radical (unpaired) electrons. The summed E-state index contributed by atoms with van der Waals surface area (Å²) in [6.07, 6.45) is 1.78. The number of nitrogens with one attached hydrogen (secondary N) is 2. The number of carbonyl (C=O) groups is 1. The SMILES string of the molecule is CC(C)CNc1nc(SC(C)C)nc2c1cnn2CCNC(=O)COc1ccccc1. The van der Waals surface area contributed by atoms with Gasteiger partial charge in [-0.25, -0.2) is 14.6 Å². The van der Waals surface area contributed by atoms with Gasteiger partial charge in [-0.2, -0.15) is 5.10 Å². The van der Waals surface area contributed by atoms with Crippen LogP contribution in [0.1, 0.15) is 27.7 Å². The number of anilines is 1. The molecule has 0 fully saturated rings. The number of ether oxygens (including phenoxy) is 1. The molecule has 0 aliphatic carbocycles. The fourth-order valence-electron chi connectivity index (χ4n) is 2.82. The van der Waals surface area contributed by atoms with Crippen molar-refractivity contribution in [2.24, 2.45) is 5.92 Å². The number of amides is 1. The van der Waals surface area contributed by atoms with Gasteiger partial charge in [0.05, 0.1) is 18.1 Å². The molecular formula is C22H30N6O2S. The number of carbonyl (C=O) groups excluding carboxylic acids is 1. The van der Waals surface area contributed by atoms with Crippen LogP contribution in [0.15, 0.2) is 41.7 Å². The monoisotopic (exact) mass is 442 g/mol. The Kier molecular flexibility index (Phi) is 8.11. The highest BCUT2D eigenvalue weighted by Gasteiger charge is 2.15. The molecule has 1 aromatic carbocycles. The standard InChI is InChI=1S/C22H30N6O2S/c1-15(2)12-24-20-18-13-25-28(21(18)27-22(26-20)31-16(3)4)11-10-23-19(29)14-30-17-8-6-5-7-9-17/h5-9,13,15-16H,10-12,14H2,1-4H3,(H,23,29)(H,24,26,27). The highest BCUT2D eigenvalue weighted by Crippen LogP contribution is 2.26. The number of thioether (sulfide) groups is 1. The first-order valence-corrected chi connectivity index (χ1v) is 11.4. The summed E-state index contributed by atoms with van der Waals surface area (Å²) < 4.78 is 7.28. The minimum atomic E-state index is -0.176. The normalized spacial score (nSPS) is 11.3. The van der Waals surface area contributed by atoms with Gasteiger partial charge in [0.15, 0.2) is 17.4 Å². The fraction of sp³-hybridized carbons (Fsp3) is 0.455. The minimum absolute atomic E-state index is 0.0233. The first-order valence-electron chi connectivity index (χ1n) is 10.5. The molecule has 31 heavy (non-hydrogen) atoms. The van der Waals surface area contributed by atoms with Crippen LogP contribution in [0.3, 0.4) is 0 Å². The maximum absolute atomic E-state index is 12.1. The Morgan fingerprint density at radius 1 is 1.16 bits per heavy atom. The van der Waals surface area contributed by atoms with Crippen molar-refractivity contribution in [3.8, 4) is 5.75 Å². The largest absolute Gasteiger partial charge is 0.484 e. The number of nitrogens with zero attached hydrogens (tertiary/aromatic N) is 4. The summed E-state index contributed by atoms with van der Waals surface area (Å²) in [5.41, 5.74) is 0.763. The van der Waals surface area contributed by atoms with Gasteiger partial charge < -0.3 is 15.4 Å². The Bertz CT molecular complexity index is 990. The molecule has 166 valence electrons. The average molecular weight is 443 g/mol. The van der Waals surface area contributed by atoms with Crippen LogP contribution in [0.5, 0.6) is 5.75 Å². The third kappa shape index (κ3) is 6.85. The summed E-state index contributed by atoms with van der Waals surface area (Å²) in [5.74, 6) is 1.79. The quantitative estimate of drug-likeness (QED) is 0.346. The number of fused-ring (bicyclic) bond motifs is 1. The Morgan fingerprint density at radius 3 is 2.65 bits per heavy atom. The van der Waals surface area contributed by atoms with Crippen molar-refractivity contribution >= 4 is 34.5 Å². The lowest BCUT2D eigenvalue weighted by Gasteiger charge is -2.12. The number of hydrogen-bond donors (Lipinski definition) is 2. The molecule has 0 unspecified atom stereocenters. The van der Waals surface area contributed by atoms with Crippen LogP contribution in [0, 0.1) is 5.92 Å². The van der Waals surface area contributed by atoms with Gasteiger partial charge >= 0.3 is 0 Å². The molecule has 0 aliphatic rings. The average Bonchev–Trinajstić information content (AvgIpc) is 3.14. The van der Waals surface area contributed by atoms with Crippen molar-refractivity contribution in [2.75, 3.05) is 25.0 Å². The molecule has 2 heterocycles. The van der Waals surface area contributed by atoms with Crippen LogP contribution < -0.4 is 15.4 Å². The minimum Gasteiger partial charge on any atom is -0.484 e. The predicted octanol–water partition coefficient (Wildman–Crippen LogP) is 3.59.